The molecule has 2 unspecified atom stereocenters. The van der Waals surface area contributed by atoms with Crippen LogP contribution in [0.5, 0.6) is 0 Å². The quantitative estimate of drug-likeness (QED) is 0.0809. The van der Waals surface area contributed by atoms with Crippen molar-refractivity contribution in [3.63, 3.8) is 0 Å². The maximum atomic E-state index is 12.8. The number of halogens is 1. The summed E-state index contributed by atoms with van der Waals surface area (Å²) < 4.78 is 15.0. The molecule has 0 aliphatic carbocycles. The Morgan fingerprint density at radius 2 is 1.97 bits per heavy atom. The number of nitrogens with one attached hydrogen (secondary N) is 1. The van der Waals surface area contributed by atoms with Crippen molar-refractivity contribution < 1.29 is 43.0 Å². The van der Waals surface area contributed by atoms with E-state index >= 15 is 0 Å². The zero-order valence-electron chi connectivity index (χ0n) is 17.7. The van der Waals surface area contributed by atoms with Gasteiger partial charge in [0.15, 0.2) is 0 Å². The summed E-state index contributed by atoms with van der Waals surface area (Å²) in [7, 11) is 2.58. The van der Waals surface area contributed by atoms with Crippen molar-refractivity contribution in [2.45, 2.75) is 31.6 Å². The molecule has 0 aromatic rings. The normalized spacial score (nSPS) is 21.2. The zero-order chi connectivity index (χ0) is 24.0. The van der Waals surface area contributed by atoms with Gasteiger partial charge in [-0.1, -0.05) is 5.16 Å². The van der Waals surface area contributed by atoms with E-state index in [4.69, 9.17) is 25.8 Å². The molecular weight excluding hydrogens is 470 g/mol. The average Bonchev–Trinajstić information content (AvgIpc) is 2.74. The van der Waals surface area contributed by atoms with Crippen molar-refractivity contribution in [3.05, 3.63) is 11.3 Å². The maximum Gasteiger partial charge on any atom is 0.358 e. The number of oxime groups is 1. The van der Waals surface area contributed by atoms with Crippen LogP contribution in [0.3, 0.4) is 0 Å². The molecule has 12 nitrogen and oxygen atoms in total. The number of hydrogen-bond acceptors (Lipinski definition) is 11. The summed E-state index contributed by atoms with van der Waals surface area (Å²) in [6, 6.07) is -1.03. The Labute approximate surface area is 192 Å². The van der Waals surface area contributed by atoms with Crippen LogP contribution in [-0.4, -0.2) is 90.3 Å². The largest absolute Gasteiger partial charge is 0.426 e. The van der Waals surface area contributed by atoms with Gasteiger partial charge in [0, 0.05) is 26.7 Å². The Morgan fingerprint density at radius 1 is 1.28 bits per heavy atom. The van der Waals surface area contributed by atoms with Gasteiger partial charge in [-0.2, -0.15) is 0 Å². The highest BCUT2D eigenvalue weighted by molar-refractivity contribution is 8.00. The number of Topliss-reactive ketones (excluding diaryl/α,β-unsaturated/α-hetero) is 1. The van der Waals surface area contributed by atoms with Gasteiger partial charge < -0.3 is 24.4 Å². The molecule has 32 heavy (non-hydrogen) atoms. The van der Waals surface area contributed by atoms with E-state index in [0.29, 0.717) is 11.3 Å². The van der Waals surface area contributed by atoms with Crippen LogP contribution < -0.4 is 5.32 Å². The summed E-state index contributed by atoms with van der Waals surface area (Å²) >= 11 is 6.76. The van der Waals surface area contributed by atoms with Crippen LogP contribution in [0, 0.1) is 0 Å². The Bertz CT molecular complexity index is 876. The summed E-state index contributed by atoms with van der Waals surface area (Å²) in [6.07, 6.45) is -1.18. The first kappa shape index (κ1) is 25.6. The number of hydrogen-bond donors (Lipinski definition) is 1. The summed E-state index contributed by atoms with van der Waals surface area (Å²) in [5.41, 5.74) is -0.140. The van der Waals surface area contributed by atoms with Crippen molar-refractivity contribution in [2.75, 3.05) is 32.5 Å². The summed E-state index contributed by atoms with van der Waals surface area (Å²) in [4.78, 5) is 66.6. The summed E-state index contributed by atoms with van der Waals surface area (Å²) in [5.74, 6) is -4.04. The van der Waals surface area contributed by atoms with Gasteiger partial charge in [0.05, 0.1) is 12.5 Å². The second kappa shape index (κ2) is 11.3. The number of methoxy groups -OCH3 is 1. The van der Waals surface area contributed by atoms with Crippen molar-refractivity contribution in [2.24, 2.45) is 5.16 Å². The Kier molecular flexibility index (Phi) is 9.04. The molecule has 14 heteroatoms. The number of carbonyl (C=O) groups is 5. The standard InChI is InChI=1S/C18H22ClN3O9S/c1-8(23)30-9(2)31-18(27)14-10(6-28-3)7-32-17-13(16(26)22(14)17)20-15(25)12(21-29-4)11(24)5-19/h9,13,17H,5-7H2,1-4H3,(H,20,25)/b21-12-/t9?,13?,17-/m1/s1. The Morgan fingerprint density at radius 3 is 2.53 bits per heavy atom. The molecule has 2 aliphatic heterocycles. The number of rotatable bonds is 10. The third-order valence-electron chi connectivity index (χ3n) is 4.23. The second-order valence-electron chi connectivity index (χ2n) is 6.51. The summed E-state index contributed by atoms with van der Waals surface area (Å²) in [6.45, 7) is 2.58. The lowest BCUT2D eigenvalue weighted by atomic mass is 10.0. The predicted molar refractivity (Wildman–Crippen MR) is 111 cm³/mol. The van der Waals surface area contributed by atoms with Gasteiger partial charge in [0.1, 0.15) is 24.2 Å². The van der Waals surface area contributed by atoms with Crippen molar-refractivity contribution in [3.8, 4) is 0 Å². The third kappa shape index (κ3) is 5.58. The molecule has 1 N–H and O–H groups in total. The molecule has 3 atom stereocenters. The fraction of sp³-hybridized carbons (Fsp3) is 0.556. The van der Waals surface area contributed by atoms with Crippen LogP contribution in [0.25, 0.3) is 0 Å². The van der Waals surface area contributed by atoms with E-state index in [1.54, 1.807) is 0 Å². The molecule has 2 rings (SSSR count). The highest BCUT2D eigenvalue weighted by atomic mass is 35.5. The van der Waals surface area contributed by atoms with Crippen LogP contribution >= 0.6 is 23.4 Å². The van der Waals surface area contributed by atoms with Gasteiger partial charge in [-0.15, -0.1) is 23.4 Å². The molecule has 1 fully saturated rings. The lowest BCUT2D eigenvalue weighted by molar-refractivity contribution is -0.182. The van der Waals surface area contributed by atoms with Gasteiger partial charge >= 0.3 is 11.9 Å². The first-order chi connectivity index (χ1) is 15.2. The number of alkyl halides is 1. The maximum absolute atomic E-state index is 12.8. The number of carbonyl (C=O) groups excluding carboxylic acids is 5. The molecule has 2 heterocycles. The number of fused-ring (bicyclic) bond motifs is 1. The average molecular weight is 492 g/mol. The van der Waals surface area contributed by atoms with Crippen molar-refractivity contribution >= 4 is 58.6 Å². The molecule has 0 bridgehead atoms. The molecule has 0 saturated carbocycles. The Balaban J connectivity index is 2.21. The minimum absolute atomic E-state index is 0.0484. The topological polar surface area (TPSA) is 150 Å². The Hall–Kier alpha value is -2.64. The lowest BCUT2D eigenvalue weighted by Crippen LogP contribution is -2.71. The van der Waals surface area contributed by atoms with Gasteiger partial charge in [0.25, 0.3) is 11.8 Å². The fourth-order valence-electron chi connectivity index (χ4n) is 3.00. The minimum atomic E-state index is -1.18. The number of β-lactam (4-membered cyclic amide) rings is 1. The van der Waals surface area contributed by atoms with Gasteiger partial charge in [-0.25, -0.2) is 4.79 Å². The molecule has 0 aromatic heterocycles. The van der Waals surface area contributed by atoms with Crippen LogP contribution in [0.4, 0.5) is 0 Å². The molecule has 176 valence electrons. The van der Waals surface area contributed by atoms with Gasteiger partial charge in [-0.3, -0.25) is 24.1 Å². The molecule has 2 aliphatic rings. The van der Waals surface area contributed by atoms with Crippen LogP contribution in [0.15, 0.2) is 16.4 Å². The van der Waals surface area contributed by atoms with E-state index in [1.165, 1.54) is 30.7 Å². The first-order valence-corrected chi connectivity index (χ1v) is 10.8. The van der Waals surface area contributed by atoms with E-state index in [2.05, 4.69) is 15.3 Å². The monoisotopic (exact) mass is 491 g/mol. The molecule has 0 radical (unpaired) electrons. The van der Waals surface area contributed by atoms with E-state index in [0.717, 1.165) is 14.0 Å². The minimum Gasteiger partial charge on any atom is -0.426 e. The third-order valence-corrected chi connectivity index (χ3v) is 5.82. The molecular formula is C18H22ClN3O9S. The van der Waals surface area contributed by atoms with Crippen LogP contribution in [0.1, 0.15) is 13.8 Å². The number of thioether (sulfide) groups is 1. The first-order valence-electron chi connectivity index (χ1n) is 9.21. The van der Waals surface area contributed by atoms with Crippen LogP contribution in [0.2, 0.25) is 0 Å². The number of nitrogens with zero attached hydrogens (tertiary/aromatic N) is 2. The predicted octanol–water partition coefficient (Wildman–Crippen LogP) is -0.451. The number of ether oxygens (including phenoxy) is 3. The van der Waals surface area contributed by atoms with E-state index in [1.807, 2.05) is 0 Å². The lowest BCUT2D eigenvalue weighted by Gasteiger charge is -2.49. The fourth-order valence-corrected chi connectivity index (χ4v) is 4.46. The molecule has 2 amide bonds. The van der Waals surface area contributed by atoms with Gasteiger partial charge in [0.2, 0.25) is 17.8 Å². The number of esters is 2. The second-order valence-corrected chi connectivity index (χ2v) is 7.88. The van der Waals surface area contributed by atoms with Crippen molar-refractivity contribution in [1.29, 1.82) is 0 Å². The van der Waals surface area contributed by atoms with Crippen molar-refractivity contribution in [1.82, 2.24) is 10.2 Å². The smallest absolute Gasteiger partial charge is 0.358 e. The molecule has 0 aromatic carbocycles. The number of amides is 2. The SMILES string of the molecule is COCC1=C(C(=O)OC(C)OC(C)=O)N2C(=O)C(NC(=O)/C(=N\OC)C(=O)CCl)[C@H]2SC1. The van der Waals surface area contributed by atoms with E-state index in [-0.39, 0.29) is 12.3 Å². The number of ketones is 1. The molecule has 1 saturated heterocycles. The molecule has 0 spiro atoms. The highest BCUT2D eigenvalue weighted by Crippen LogP contribution is 2.40. The summed E-state index contributed by atoms with van der Waals surface area (Å²) in [5, 5.41) is 5.15. The van der Waals surface area contributed by atoms with E-state index < -0.39 is 58.8 Å². The van der Waals surface area contributed by atoms with Gasteiger partial charge in [-0.05, 0) is 5.57 Å². The zero-order valence-corrected chi connectivity index (χ0v) is 19.3. The highest BCUT2D eigenvalue weighted by Gasteiger charge is 2.55. The van der Waals surface area contributed by atoms with Crippen LogP contribution in [-0.2, 0) is 43.0 Å². The van der Waals surface area contributed by atoms with E-state index in [9.17, 15) is 24.0 Å².